The van der Waals surface area contributed by atoms with Gasteiger partial charge in [-0.05, 0) is 48.0 Å². The van der Waals surface area contributed by atoms with Crippen LogP contribution in [-0.2, 0) is 19.4 Å². The lowest BCUT2D eigenvalue weighted by molar-refractivity contribution is 0.258. The van der Waals surface area contributed by atoms with Gasteiger partial charge in [-0.15, -0.1) is 0 Å². The molecule has 2 rings (SSSR count). The first kappa shape index (κ1) is 13.1. The Morgan fingerprint density at radius 1 is 1.47 bits per heavy atom. The average molecular weight is 300 g/mol. The van der Waals surface area contributed by atoms with E-state index in [9.17, 15) is 0 Å². The van der Waals surface area contributed by atoms with E-state index < -0.39 is 0 Å². The molecule has 0 radical (unpaired) electrons. The van der Waals surface area contributed by atoms with Gasteiger partial charge in [-0.2, -0.15) is 5.10 Å². The Morgan fingerprint density at radius 3 is 2.65 bits per heavy atom. The maximum atomic E-state index is 6.29. The lowest BCUT2D eigenvalue weighted by Gasteiger charge is -2.31. The van der Waals surface area contributed by atoms with Gasteiger partial charge in [-0.1, -0.05) is 13.3 Å². The third-order valence-electron chi connectivity index (χ3n) is 3.88. The largest absolute Gasteiger partial charge is 0.327 e. The van der Waals surface area contributed by atoms with E-state index in [-0.39, 0.29) is 0 Å². The Hall–Kier alpha value is -0.350. The third kappa shape index (κ3) is 2.58. The summed E-state index contributed by atoms with van der Waals surface area (Å²) >= 11 is 3.68. The van der Waals surface area contributed by atoms with Crippen LogP contribution in [0.15, 0.2) is 4.47 Å². The van der Waals surface area contributed by atoms with E-state index in [4.69, 9.17) is 5.73 Å². The molecule has 1 atom stereocenters. The topological polar surface area (TPSA) is 43.8 Å². The maximum Gasteiger partial charge on any atom is 0.0766 e. The number of halogens is 1. The standard InChI is InChI=1S/C13H22BrN3/c1-3-11-13(14)12(17(4-2)16-11)8-10(15)9-6-5-7-9/h9-10H,3-8,15H2,1-2H3. The highest BCUT2D eigenvalue weighted by Gasteiger charge is 2.26. The molecule has 1 saturated carbocycles. The van der Waals surface area contributed by atoms with E-state index in [0.29, 0.717) is 6.04 Å². The number of rotatable bonds is 5. The van der Waals surface area contributed by atoms with E-state index in [1.165, 1.54) is 29.4 Å². The molecule has 0 saturated heterocycles. The van der Waals surface area contributed by atoms with E-state index in [1.807, 2.05) is 0 Å². The molecule has 3 nitrogen and oxygen atoms in total. The first-order valence-corrected chi connectivity index (χ1v) is 7.46. The van der Waals surface area contributed by atoms with Crippen molar-refractivity contribution < 1.29 is 0 Å². The molecule has 0 aliphatic heterocycles. The zero-order valence-electron chi connectivity index (χ0n) is 10.7. The highest BCUT2D eigenvalue weighted by molar-refractivity contribution is 9.10. The average Bonchev–Trinajstić information content (AvgIpc) is 2.53. The molecule has 1 heterocycles. The smallest absolute Gasteiger partial charge is 0.0766 e. The minimum Gasteiger partial charge on any atom is -0.327 e. The molecule has 1 fully saturated rings. The van der Waals surface area contributed by atoms with Crippen LogP contribution in [-0.4, -0.2) is 15.8 Å². The van der Waals surface area contributed by atoms with Crippen LogP contribution in [0.5, 0.6) is 0 Å². The fourth-order valence-electron chi connectivity index (χ4n) is 2.47. The van der Waals surface area contributed by atoms with Crippen LogP contribution in [0.2, 0.25) is 0 Å². The van der Waals surface area contributed by atoms with Gasteiger partial charge in [0.25, 0.3) is 0 Å². The molecule has 1 aliphatic carbocycles. The summed E-state index contributed by atoms with van der Waals surface area (Å²) in [5.41, 5.74) is 8.73. The van der Waals surface area contributed by atoms with Gasteiger partial charge in [0.05, 0.1) is 15.9 Å². The molecule has 0 spiro atoms. The van der Waals surface area contributed by atoms with Gasteiger partial charge in [-0.25, -0.2) is 0 Å². The highest BCUT2D eigenvalue weighted by atomic mass is 79.9. The summed E-state index contributed by atoms with van der Waals surface area (Å²) in [5.74, 6) is 0.729. The Bertz CT molecular complexity index is 382. The fraction of sp³-hybridized carbons (Fsp3) is 0.769. The number of nitrogens with two attached hydrogens (primary N) is 1. The number of aryl methyl sites for hydroxylation is 2. The van der Waals surface area contributed by atoms with Crippen molar-refractivity contribution in [3.05, 3.63) is 15.9 Å². The quantitative estimate of drug-likeness (QED) is 0.908. The zero-order chi connectivity index (χ0) is 12.4. The predicted octanol–water partition coefficient (Wildman–Crippen LogP) is 2.90. The Balaban J connectivity index is 2.15. The molecule has 1 aromatic heterocycles. The second-order valence-electron chi connectivity index (χ2n) is 4.94. The van der Waals surface area contributed by atoms with Crippen LogP contribution in [0.25, 0.3) is 0 Å². The van der Waals surface area contributed by atoms with Gasteiger partial charge < -0.3 is 5.73 Å². The first-order valence-electron chi connectivity index (χ1n) is 6.67. The Kier molecular flexibility index (Phi) is 4.26. The second-order valence-corrected chi connectivity index (χ2v) is 5.73. The summed E-state index contributed by atoms with van der Waals surface area (Å²) in [5, 5.41) is 4.62. The molecule has 0 aromatic carbocycles. The van der Waals surface area contributed by atoms with Crippen LogP contribution in [0.3, 0.4) is 0 Å². The van der Waals surface area contributed by atoms with Gasteiger partial charge in [0, 0.05) is 19.0 Å². The van der Waals surface area contributed by atoms with Crippen molar-refractivity contribution in [2.24, 2.45) is 11.7 Å². The number of nitrogens with zero attached hydrogens (tertiary/aromatic N) is 2. The molecule has 0 bridgehead atoms. The number of aromatic nitrogens is 2. The van der Waals surface area contributed by atoms with E-state index >= 15 is 0 Å². The van der Waals surface area contributed by atoms with Gasteiger partial charge in [-0.3, -0.25) is 4.68 Å². The molecule has 96 valence electrons. The molecule has 4 heteroatoms. The normalized spacial score (nSPS) is 18.1. The van der Waals surface area contributed by atoms with Crippen molar-refractivity contribution in [2.75, 3.05) is 0 Å². The van der Waals surface area contributed by atoms with Gasteiger partial charge in [0.1, 0.15) is 0 Å². The summed E-state index contributed by atoms with van der Waals surface area (Å²) in [7, 11) is 0. The van der Waals surface area contributed by atoms with Crippen LogP contribution >= 0.6 is 15.9 Å². The summed E-state index contributed by atoms with van der Waals surface area (Å²) in [6.45, 7) is 5.20. The summed E-state index contributed by atoms with van der Waals surface area (Å²) in [6, 6.07) is 0.298. The molecular weight excluding hydrogens is 278 g/mol. The lowest BCUT2D eigenvalue weighted by Crippen LogP contribution is -2.37. The maximum absolute atomic E-state index is 6.29. The van der Waals surface area contributed by atoms with Crippen LogP contribution in [0.4, 0.5) is 0 Å². The first-order chi connectivity index (χ1) is 8.17. The predicted molar refractivity (Wildman–Crippen MR) is 74.0 cm³/mol. The second kappa shape index (κ2) is 5.53. The molecule has 0 amide bonds. The van der Waals surface area contributed by atoms with Gasteiger partial charge in [0.2, 0.25) is 0 Å². The van der Waals surface area contributed by atoms with Crippen molar-refractivity contribution >= 4 is 15.9 Å². The fourth-order valence-corrected chi connectivity index (χ4v) is 3.20. The van der Waals surface area contributed by atoms with E-state index in [0.717, 1.165) is 31.0 Å². The molecular formula is C13H22BrN3. The minimum atomic E-state index is 0.298. The van der Waals surface area contributed by atoms with E-state index in [1.54, 1.807) is 0 Å². The third-order valence-corrected chi connectivity index (χ3v) is 4.79. The highest BCUT2D eigenvalue weighted by Crippen LogP contribution is 2.32. The van der Waals surface area contributed by atoms with Crippen LogP contribution in [0.1, 0.15) is 44.5 Å². The van der Waals surface area contributed by atoms with Crippen molar-refractivity contribution in [3.8, 4) is 0 Å². The van der Waals surface area contributed by atoms with Crippen molar-refractivity contribution in [3.63, 3.8) is 0 Å². The minimum absolute atomic E-state index is 0.298. The monoisotopic (exact) mass is 299 g/mol. The van der Waals surface area contributed by atoms with Crippen molar-refractivity contribution in [1.29, 1.82) is 0 Å². The zero-order valence-corrected chi connectivity index (χ0v) is 12.3. The Morgan fingerprint density at radius 2 is 2.18 bits per heavy atom. The molecule has 17 heavy (non-hydrogen) atoms. The Labute approximate surface area is 112 Å². The molecule has 1 aromatic rings. The molecule has 2 N–H and O–H groups in total. The summed E-state index contributed by atoms with van der Waals surface area (Å²) in [4.78, 5) is 0. The molecule has 1 unspecified atom stereocenters. The number of hydrogen-bond acceptors (Lipinski definition) is 2. The van der Waals surface area contributed by atoms with Gasteiger partial charge >= 0.3 is 0 Å². The SMILES string of the molecule is CCc1nn(CC)c(CC(N)C2CCC2)c1Br. The summed E-state index contributed by atoms with van der Waals surface area (Å²) < 4.78 is 3.28. The lowest BCUT2D eigenvalue weighted by atomic mass is 9.78. The van der Waals surface area contributed by atoms with Crippen molar-refractivity contribution in [1.82, 2.24) is 9.78 Å². The molecule has 1 aliphatic rings. The van der Waals surface area contributed by atoms with Crippen LogP contribution < -0.4 is 5.73 Å². The van der Waals surface area contributed by atoms with E-state index in [2.05, 4.69) is 39.6 Å². The van der Waals surface area contributed by atoms with Crippen molar-refractivity contribution in [2.45, 2.75) is 58.5 Å². The van der Waals surface area contributed by atoms with Gasteiger partial charge in [0.15, 0.2) is 0 Å². The summed E-state index contributed by atoms with van der Waals surface area (Å²) in [6.07, 6.45) is 5.89. The number of hydrogen-bond donors (Lipinski definition) is 1. The van der Waals surface area contributed by atoms with Crippen LogP contribution in [0, 0.1) is 5.92 Å².